The van der Waals surface area contributed by atoms with Crippen molar-refractivity contribution in [2.75, 3.05) is 0 Å². The highest BCUT2D eigenvalue weighted by Crippen LogP contribution is 2.38. The number of esters is 1. The van der Waals surface area contributed by atoms with E-state index in [2.05, 4.69) is 10.2 Å². The van der Waals surface area contributed by atoms with E-state index in [-0.39, 0.29) is 37.4 Å². The van der Waals surface area contributed by atoms with Crippen molar-refractivity contribution in [1.29, 1.82) is 0 Å². The van der Waals surface area contributed by atoms with Crippen LogP contribution in [-0.2, 0) is 38.8 Å². The Bertz CT molecular complexity index is 1240. The molecule has 1 fully saturated rings. The lowest BCUT2D eigenvalue weighted by atomic mass is 9.85. The quantitative estimate of drug-likeness (QED) is 0.0587. The van der Waals surface area contributed by atoms with Crippen molar-refractivity contribution in [1.82, 2.24) is 5.32 Å². The maximum absolute atomic E-state index is 12.3. The summed E-state index contributed by atoms with van der Waals surface area (Å²) in [5.41, 5.74) is 2.39. The molecule has 2 aromatic carbocycles. The number of nitrogens with one attached hydrogen (secondary N) is 1. The van der Waals surface area contributed by atoms with Gasteiger partial charge in [-0.1, -0.05) is 66.7 Å². The van der Waals surface area contributed by atoms with Gasteiger partial charge in [-0.25, -0.2) is 4.79 Å². The van der Waals surface area contributed by atoms with Crippen LogP contribution in [0.1, 0.15) is 75.0 Å². The lowest BCUT2D eigenvalue weighted by molar-refractivity contribution is -0.763. The smallest absolute Gasteiger partial charge is 0.328 e. The van der Waals surface area contributed by atoms with Crippen molar-refractivity contribution < 1.29 is 39.6 Å². The van der Waals surface area contributed by atoms with Crippen molar-refractivity contribution in [3.8, 4) is 0 Å². The summed E-state index contributed by atoms with van der Waals surface area (Å²) in [5.74, 6) is -1.02. The number of rotatable bonds is 19. The van der Waals surface area contributed by atoms with E-state index in [0.29, 0.717) is 56.1 Å². The Balaban J connectivity index is 1.31. The highest BCUT2D eigenvalue weighted by molar-refractivity contribution is 5.84. The molecule has 0 saturated heterocycles. The summed E-state index contributed by atoms with van der Waals surface area (Å²) in [4.78, 5) is 39.4. The molecule has 3 rings (SSSR count). The van der Waals surface area contributed by atoms with Gasteiger partial charge in [-0.3, -0.25) is 4.79 Å². The number of carbonyl (C=O) groups is 2. The SMILES string of the molecule is CC(NC(=O)CCC/C=C\C[C@@H]1[C@@H](CC[C@@H](O)CCc2ccccc2)[C@H](O)C[C@@H]1O)C(=O)OCc1cccc(CO[N+](=O)[O-])c1. The van der Waals surface area contributed by atoms with E-state index in [0.717, 1.165) is 6.42 Å². The number of hydrogen-bond donors (Lipinski definition) is 4. The Kier molecular flexibility index (Phi) is 15.0. The average Bonchev–Trinajstić information content (AvgIpc) is 3.30. The number of allylic oxidation sites excluding steroid dienone is 2. The first-order valence-electron chi connectivity index (χ1n) is 15.7. The summed E-state index contributed by atoms with van der Waals surface area (Å²) < 4.78 is 5.27. The van der Waals surface area contributed by atoms with E-state index in [9.17, 15) is 35.0 Å². The molecule has 0 bridgehead atoms. The van der Waals surface area contributed by atoms with Crippen molar-refractivity contribution >= 4 is 11.9 Å². The van der Waals surface area contributed by atoms with Crippen LogP contribution in [0.15, 0.2) is 66.7 Å². The summed E-state index contributed by atoms with van der Waals surface area (Å²) in [6, 6.07) is 15.9. The van der Waals surface area contributed by atoms with Gasteiger partial charge in [0.1, 0.15) is 19.3 Å². The van der Waals surface area contributed by atoms with Crippen molar-refractivity contribution in [2.24, 2.45) is 11.8 Å². The molecule has 0 spiro atoms. The van der Waals surface area contributed by atoms with Crippen LogP contribution < -0.4 is 5.32 Å². The zero-order valence-electron chi connectivity index (χ0n) is 25.8. The molecule has 1 unspecified atom stereocenters. The van der Waals surface area contributed by atoms with Crippen molar-refractivity contribution in [2.45, 2.75) is 102 Å². The Hall–Kier alpha value is -3.80. The summed E-state index contributed by atoms with van der Waals surface area (Å²) in [7, 11) is 0. The van der Waals surface area contributed by atoms with Crippen LogP contribution in [0.4, 0.5) is 0 Å². The van der Waals surface area contributed by atoms with Crippen LogP contribution in [0.3, 0.4) is 0 Å². The van der Waals surface area contributed by atoms with Crippen LogP contribution in [0.5, 0.6) is 0 Å². The highest BCUT2D eigenvalue weighted by Gasteiger charge is 2.40. The first-order chi connectivity index (χ1) is 21.6. The zero-order valence-corrected chi connectivity index (χ0v) is 25.8. The van der Waals surface area contributed by atoms with E-state index in [4.69, 9.17) is 4.74 Å². The maximum atomic E-state index is 12.3. The van der Waals surface area contributed by atoms with Gasteiger partial charge in [-0.15, -0.1) is 10.1 Å². The van der Waals surface area contributed by atoms with Gasteiger partial charge in [-0.2, -0.15) is 0 Å². The molecule has 0 heterocycles. The Morgan fingerprint density at radius 3 is 2.42 bits per heavy atom. The van der Waals surface area contributed by atoms with E-state index in [1.54, 1.807) is 31.2 Å². The summed E-state index contributed by atoms with van der Waals surface area (Å²) in [6.07, 6.45) is 7.44. The third kappa shape index (κ3) is 13.0. The summed E-state index contributed by atoms with van der Waals surface area (Å²) in [6.45, 7) is 1.30. The molecule has 0 aromatic heterocycles. The first kappa shape index (κ1) is 35.7. The number of benzene rings is 2. The van der Waals surface area contributed by atoms with Gasteiger partial charge in [0.2, 0.25) is 5.91 Å². The maximum Gasteiger partial charge on any atom is 0.328 e. The molecule has 11 heteroatoms. The van der Waals surface area contributed by atoms with Gasteiger partial charge >= 0.3 is 5.97 Å². The summed E-state index contributed by atoms with van der Waals surface area (Å²) in [5, 5.41) is 43.7. The molecule has 11 nitrogen and oxygen atoms in total. The lowest BCUT2D eigenvalue weighted by Gasteiger charge is -2.23. The minimum absolute atomic E-state index is 0.0431. The van der Waals surface area contributed by atoms with Gasteiger partial charge in [0.15, 0.2) is 0 Å². The number of ether oxygens (including phenoxy) is 1. The topological polar surface area (TPSA) is 168 Å². The molecule has 1 aliphatic rings. The van der Waals surface area contributed by atoms with Gasteiger partial charge in [-0.05, 0) is 86.8 Å². The fourth-order valence-electron chi connectivity index (χ4n) is 5.75. The van der Waals surface area contributed by atoms with Gasteiger partial charge < -0.3 is 30.2 Å². The van der Waals surface area contributed by atoms with Crippen LogP contribution in [0.25, 0.3) is 0 Å². The van der Waals surface area contributed by atoms with Crippen LogP contribution >= 0.6 is 0 Å². The molecule has 1 saturated carbocycles. The minimum Gasteiger partial charge on any atom is -0.459 e. The van der Waals surface area contributed by atoms with Crippen molar-refractivity contribution in [3.05, 3.63) is 93.6 Å². The number of aliphatic hydroxyl groups excluding tert-OH is 3. The molecule has 4 N–H and O–H groups in total. The predicted octanol–water partition coefficient (Wildman–Crippen LogP) is 4.19. The van der Waals surface area contributed by atoms with Gasteiger partial charge in [0, 0.05) is 6.42 Å². The van der Waals surface area contributed by atoms with Gasteiger partial charge in [0.25, 0.3) is 5.09 Å². The fourth-order valence-corrected chi connectivity index (χ4v) is 5.75. The zero-order chi connectivity index (χ0) is 32.6. The molecular weight excluding hydrogens is 580 g/mol. The number of hydrogen-bond acceptors (Lipinski definition) is 9. The molecule has 2 aromatic rings. The average molecular weight is 627 g/mol. The van der Waals surface area contributed by atoms with E-state index < -0.39 is 35.4 Å². The number of unbranched alkanes of at least 4 members (excludes halogenated alkanes) is 1. The fraction of sp³-hybridized carbons (Fsp3) is 0.529. The molecule has 6 atom stereocenters. The third-order valence-electron chi connectivity index (χ3n) is 8.25. The van der Waals surface area contributed by atoms with Crippen LogP contribution in [0.2, 0.25) is 0 Å². The molecule has 1 aliphatic carbocycles. The Morgan fingerprint density at radius 2 is 1.69 bits per heavy atom. The number of nitrogens with zero attached hydrogens (tertiary/aromatic N) is 1. The number of amides is 1. The Labute approximate surface area is 264 Å². The molecule has 246 valence electrons. The second kappa shape index (κ2) is 18.9. The number of aliphatic hydroxyl groups is 3. The normalized spacial score (nSPS) is 20.9. The first-order valence-corrected chi connectivity index (χ1v) is 15.7. The standard InChI is InChI=1S/C34H46N2O9/c1-24(34(41)44-22-26-12-9-13-27(20-26)23-45-36(42)43)35-33(40)15-8-3-2-7-14-29-30(32(39)21-31(29)38)19-18-28(37)17-16-25-10-5-4-6-11-25/h2,4-7,9-13,20,24,28-32,37-39H,3,8,14-19,21-23H2,1H3,(H,35,40)/b7-2-/t24?,28-,29+,30+,31-,32+/m0/s1. The van der Waals surface area contributed by atoms with E-state index in [1.165, 1.54) is 5.56 Å². The largest absolute Gasteiger partial charge is 0.459 e. The minimum atomic E-state index is -0.875. The van der Waals surface area contributed by atoms with E-state index >= 15 is 0 Å². The molecule has 45 heavy (non-hydrogen) atoms. The molecular formula is C34H46N2O9. The molecule has 0 radical (unpaired) electrons. The van der Waals surface area contributed by atoms with Crippen LogP contribution in [0, 0.1) is 22.0 Å². The molecule has 0 aliphatic heterocycles. The van der Waals surface area contributed by atoms with Crippen molar-refractivity contribution in [3.63, 3.8) is 0 Å². The third-order valence-corrected chi connectivity index (χ3v) is 8.25. The Morgan fingerprint density at radius 1 is 1.00 bits per heavy atom. The van der Waals surface area contributed by atoms with Crippen LogP contribution in [-0.4, -0.2) is 56.6 Å². The number of aryl methyl sites for hydroxylation is 1. The number of carbonyl (C=O) groups excluding carboxylic acids is 2. The second-order valence-corrected chi connectivity index (χ2v) is 11.8. The highest BCUT2D eigenvalue weighted by atomic mass is 16.9. The van der Waals surface area contributed by atoms with E-state index in [1.807, 2.05) is 42.5 Å². The second-order valence-electron chi connectivity index (χ2n) is 11.8. The monoisotopic (exact) mass is 626 g/mol. The molecule has 1 amide bonds. The van der Waals surface area contributed by atoms with Gasteiger partial charge in [0.05, 0.1) is 18.3 Å². The summed E-state index contributed by atoms with van der Waals surface area (Å²) >= 11 is 0. The predicted molar refractivity (Wildman–Crippen MR) is 167 cm³/mol. The lowest BCUT2D eigenvalue weighted by Crippen LogP contribution is -2.39.